The van der Waals surface area contributed by atoms with E-state index in [1.54, 1.807) is 0 Å². The Balaban J connectivity index is 1.43. The quantitative estimate of drug-likeness (QED) is 0.127. The zero-order valence-corrected chi connectivity index (χ0v) is 39.6. The minimum atomic E-state index is -0.929. The summed E-state index contributed by atoms with van der Waals surface area (Å²) >= 11 is 0. The van der Waals surface area contributed by atoms with Crippen LogP contribution < -0.4 is 21.2 Å². The molecule has 0 fully saturated rings. The smallest absolute Gasteiger partial charge is 0.00153 e. The molecule has 0 spiro atoms. The molecule has 0 aliphatic carbocycles. The van der Waals surface area contributed by atoms with Gasteiger partial charge in [0, 0.05) is 0 Å². The van der Waals surface area contributed by atoms with Gasteiger partial charge in [-0.1, -0.05) is 117 Å². The molecular formula is C58H60P2. The summed E-state index contributed by atoms with van der Waals surface area (Å²) in [5.41, 5.74) is 22.2. The van der Waals surface area contributed by atoms with Gasteiger partial charge in [0.15, 0.2) is 0 Å². The molecule has 8 rings (SSSR count). The van der Waals surface area contributed by atoms with Gasteiger partial charge in [-0.15, -0.1) is 0 Å². The van der Waals surface area contributed by atoms with E-state index in [0.29, 0.717) is 0 Å². The molecule has 0 N–H and O–H groups in total. The molecule has 0 saturated heterocycles. The average Bonchev–Trinajstić information content (AvgIpc) is 3.22. The highest BCUT2D eigenvalue weighted by atomic mass is 31.1. The predicted molar refractivity (Wildman–Crippen MR) is 269 cm³/mol. The van der Waals surface area contributed by atoms with Gasteiger partial charge in [-0.2, -0.15) is 0 Å². The van der Waals surface area contributed by atoms with Gasteiger partial charge in [0.1, 0.15) is 0 Å². The molecule has 0 atom stereocenters. The third-order valence-corrected chi connectivity index (χ3v) is 18.6. The van der Waals surface area contributed by atoms with Crippen molar-refractivity contribution in [2.45, 2.75) is 95.4 Å². The zero-order chi connectivity index (χ0) is 42.6. The van der Waals surface area contributed by atoms with E-state index in [1.165, 1.54) is 132 Å². The highest BCUT2D eigenvalue weighted by molar-refractivity contribution is 7.80. The number of fused-ring (bicyclic) bond motifs is 2. The third-order valence-electron chi connectivity index (χ3n) is 13.7. The van der Waals surface area contributed by atoms with Crippen molar-refractivity contribution in [3.63, 3.8) is 0 Å². The summed E-state index contributed by atoms with van der Waals surface area (Å²) in [5.74, 6) is 0. The monoisotopic (exact) mass is 818 g/mol. The third kappa shape index (κ3) is 8.03. The fourth-order valence-electron chi connectivity index (χ4n) is 9.24. The van der Waals surface area contributed by atoms with E-state index >= 15 is 0 Å². The lowest BCUT2D eigenvalue weighted by molar-refractivity contribution is 1.20. The lowest BCUT2D eigenvalue weighted by Crippen LogP contribution is -2.24. The number of benzene rings is 8. The predicted octanol–water partition coefficient (Wildman–Crippen LogP) is 14.6. The second kappa shape index (κ2) is 16.9. The minimum Gasteiger partial charge on any atom is -0.0663 e. The van der Waals surface area contributed by atoms with Gasteiger partial charge in [0.2, 0.25) is 0 Å². The van der Waals surface area contributed by atoms with Crippen LogP contribution in [0.5, 0.6) is 0 Å². The van der Waals surface area contributed by atoms with Crippen molar-refractivity contribution >= 4 is 58.6 Å². The molecule has 0 unspecified atom stereocenters. The maximum atomic E-state index is 2.63. The van der Waals surface area contributed by atoms with Crippen LogP contribution in [0, 0.1) is 83.1 Å². The molecular weight excluding hydrogens is 759 g/mol. The Morgan fingerprint density at radius 3 is 1.22 bits per heavy atom. The van der Waals surface area contributed by atoms with Crippen LogP contribution in [0.3, 0.4) is 0 Å². The lowest BCUT2D eigenvalue weighted by Gasteiger charge is -2.27. The summed E-state index contributed by atoms with van der Waals surface area (Å²) in [7, 11) is -1.56. The highest BCUT2D eigenvalue weighted by Gasteiger charge is 2.26. The summed E-state index contributed by atoms with van der Waals surface area (Å²) in [6, 6.07) is 48.1. The molecule has 2 heteroatoms. The van der Waals surface area contributed by atoms with Crippen molar-refractivity contribution in [3.05, 3.63) is 199 Å². The highest BCUT2D eigenvalue weighted by Crippen LogP contribution is 2.48. The summed E-state index contributed by atoms with van der Waals surface area (Å²) in [4.78, 5) is 0. The standard InChI is InChI=1S/C58H60P2/c1-35-23-47(24-36(2)43(35)9)33-59(34-48-25-37(3)44(10)38(4)26-48)51-31-50-18-14-15-19-54(50)56(32-51)58-55-20-16-13-17-49(55)21-22-57(58)60(52-27-39(5)45(11)40(6)28-52)53-29-41(7)46(12)42(8)30-53/h13-32H,33-34H2,1-12H3. The van der Waals surface area contributed by atoms with Crippen LogP contribution in [0.4, 0.5) is 0 Å². The van der Waals surface area contributed by atoms with Gasteiger partial charge in [0.05, 0.1) is 0 Å². The Labute approximate surface area is 362 Å². The van der Waals surface area contributed by atoms with E-state index < -0.39 is 15.8 Å². The molecule has 0 aliphatic rings. The van der Waals surface area contributed by atoms with Gasteiger partial charge in [0.25, 0.3) is 0 Å². The molecule has 0 aliphatic heterocycles. The number of rotatable bonds is 9. The van der Waals surface area contributed by atoms with Crippen molar-refractivity contribution in [2.75, 3.05) is 0 Å². The SMILES string of the molecule is Cc1cc(CP(Cc2cc(C)c(C)c(C)c2)c2cc(-c3c(P(c4cc(C)c(C)c(C)c4)c4cc(C)c(C)c(C)c4)ccc4ccccc34)c3ccccc3c2)cc(C)c1C. The summed E-state index contributed by atoms with van der Waals surface area (Å²) in [6.07, 6.45) is 2.08. The second-order valence-corrected chi connectivity index (χ2v) is 22.1. The summed E-state index contributed by atoms with van der Waals surface area (Å²) in [6.45, 7) is 27.4. The first kappa shape index (κ1) is 41.9. The van der Waals surface area contributed by atoms with Crippen LogP contribution in [0.15, 0.2) is 121 Å². The van der Waals surface area contributed by atoms with E-state index in [-0.39, 0.29) is 0 Å². The van der Waals surface area contributed by atoms with Crippen molar-refractivity contribution in [3.8, 4) is 11.1 Å². The van der Waals surface area contributed by atoms with E-state index in [1.807, 2.05) is 0 Å². The van der Waals surface area contributed by atoms with E-state index in [4.69, 9.17) is 0 Å². The van der Waals surface area contributed by atoms with Gasteiger partial charge >= 0.3 is 0 Å². The van der Waals surface area contributed by atoms with Crippen LogP contribution in [0.1, 0.15) is 77.9 Å². The van der Waals surface area contributed by atoms with Gasteiger partial charge in [-0.3, -0.25) is 0 Å². The molecule has 0 nitrogen and oxygen atoms in total. The molecule has 302 valence electrons. The van der Waals surface area contributed by atoms with Crippen molar-refractivity contribution in [2.24, 2.45) is 0 Å². The Morgan fingerprint density at radius 1 is 0.350 bits per heavy atom. The molecule has 0 aromatic heterocycles. The average molecular weight is 819 g/mol. The van der Waals surface area contributed by atoms with Crippen LogP contribution in [-0.2, 0) is 12.3 Å². The second-order valence-electron chi connectivity index (χ2n) is 17.7. The molecule has 0 saturated carbocycles. The van der Waals surface area contributed by atoms with E-state index in [9.17, 15) is 0 Å². The normalized spacial score (nSPS) is 11.8. The first-order valence-electron chi connectivity index (χ1n) is 21.6. The minimum absolute atomic E-state index is 0.632. The molecule has 8 aromatic rings. The van der Waals surface area contributed by atoms with Crippen molar-refractivity contribution < 1.29 is 0 Å². The van der Waals surface area contributed by atoms with Crippen LogP contribution in [-0.4, -0.2) is 0 Å². The van der Waals surface area contributed by atoms with Gasteiger partial charge in [-0.05, 0) is 247 Å². The molecule has 0 heterocycles. The molecule has 8 aromatic carbocycles. The number of hydrogen-bond acceptors (Lipinski definition) is 0. The maximum absolute atomic E-state index is 2.63. The Kier molecular flexibility index (Phi) is 11.8. The topological polar surface area (TPSA) is 0 Å². The Hall–Kier alpha value is -4.86. The van der Waals surface area contributed by atoms with E-state index in [0.717, 1.165) is 12.3 Å². The fraction of sp³-hybridized carbons (Fsp3) is 0.241. The first-order chi connectivity index (χ1) is 28.7. The summed E-state index contributed by atoms with van der Waals surface area (Å²) < 4.78 is 0. The van der Waals surface area contributed by atoms with Crippen LogP contribution >= 0.6 is 15.8 Å². The van der Waals surface area contributed by atoms with E-state index in [2.05, 4.69) is 204 Å². The summed E-state index contributed by atoms with van der Waals surface area (Å²) in [5, 5.41) is 11.0. The van der Waals surface area contributed by atoms with Gasteiger partial charge in [-0.25, -0.2) is 0 Å². The number of hydrogen-bond donors (Lipinski definition) is 0. The van der Waals surface area contributed by atoms with Crippen molar-refractivity contribution in [1.82, 2.24) is 0 Å². The largest absolute Gasteiger partial charge is 0.0663 e. The first-order valence-corrected chi connectivity index (χ1v) is 24.6. The van der Waals surface area contributed by atoms with Crippen molar-refractivity contribution in [1.29, 1.82) is 0 Å². The molecule has 0 radical (unpaired) electrons. The number of aryl methyl sites for hydroxylation is 8. The molecule has 0 amide bonds. The maximum Gasteiger partial charge on any atom is -0.00153 e. The Bertz CT molecular complexity index is 2750. The molecule has 0 bridgehead atoms. The zero-order valence-electron chi connectivity index (χ0n) is 37.9. The Morgan fingerprint density at radius 2 is 0.750 bits per heavy atom. The van der Waals surface area contributed by atoms with Gasteiger partial charge < -0.3 is 0 Å². The fourth-order valence-corrected chi connectivity index (χ4v) is 14.4. The lowest BCUT2D eigenvalue weighted by atomic mass is 9.94. The van der Waals surface area contributed by atoms with Crippen LogP contribution in [0.2, 0.25) is 0 Å². The molecule has 60 heavy (non-hydrogen) atoms. The van der Waals surface area contributed by atoms with Crippen LogP contribution in [0.25, 0.3) is 32.7 Å².